The van der Waals surface area contributed by atoms with Crippen LogP contribution in [-0.4, -0.2) is 42.8 Å². The molecule has 4 rings (SSSR count). The van der Waals surface area contributed by atoms with Crippen molar-refractivity contribution in [2.24, 2.45) is 22.4 Å². The fourth-order valence-corrected chi connectivity index (χ4v) is 5.03. The van der Waals surface area contributed by atoms with E-state index in [0.29, 0.717) is 18.3 Å². The SMILES string of the molecule is CC1=C(/C=C(\C)CN2CCC(C3=CC=C(C(N)=O)CC3)CC2)/C(=C2\C=CC(N)=NC2)C=CN1. The number of dihydropyridines is 2. The first-order valence-electron chi connectivity index (χ1n) is 11.8. The van der Waals surface area contributed by atoms with E-state index in [9.17, 15) is 4.79 Å². The van der Waals surface area contributed by atoms with Gasteiger partial charge in [-0.2, -0.15) is 0 Å². The highest BCUT2D eigenvalue weighted by Gasteiger charge is 2.24. The molecule has 6 nitrogen and oxygen atoms in total. The van der Waals surface area contributed by atoms with Crippen molar-refractivity contribution < 1.29 is 4.79 Å². The van der Waals surface area contributed by atoms with Crippen LogP contribution in [0.2, 0.25) is 0 Å². The molecule has 6 heteroatoms. The zero-order valence-electron chi connectivity index (χ0n) is 19.7. The zero-order chi connectivity index (χ0) is 23.4. The van der Waals surface area contributed by atoms with E-state index in [-0.39, 0.29) is 5.91 Å². The minimum absolute atomic E-state index is 0.286. The number of amidine groups is 1. The predicted octanol–water partition coefficient (Wildman–Crippen LogP) is 3.39. The largest absolute Gasteiger partial charge is 0.384 e. The third-order valence-corrected chi connectivity index (χ3v) is 6.95. The van der Waals surface area contributed by atoms with Gasteiger partial charge in [0.15, 0.2) is 0 Å². The van der Waals surface area contributed by atoms with Crippen LogP contribution in [-0.2, 0) is 4.79 Å². The van der Waals surface area contributed by atoms with Crippen molar-refractivity contribution in [2.75, 3.05) is 26.2 Å². The molecular formula is C27H35N5O. The Balaban J connectivity index is 1.38. The van der Waals surface area contributed by atoms with Gasteiger partial charge in [-0.1, -0.05) is 35.5 Å². The Morgan fingerprint density at radius 3 is 2.64 bits per heavy atom. The maximum atomic E-state index is 11.4. The number of hydrogen-bond acceptors (Lipinski definition) is 5. The highest BCUT2D eigenvalue weighted by Crippen LogP contribution is 2.32. The van der Waals surface area contributed by atoms with E-state index < -0.39 is 0 Å². The fourth-order valence-electron chi connectivity index (χ4n) is 5.03. The molecule has 3 aliphatic heterocycles. The number of amides is 1. The zero-order valence-corrected chi connectivity index (χ0v) is 19.7. The van der Waals surface area contributed by atoms with E-state index in [1.54, 1.807) is 0 Å². The van der Waals surface area contributed by atoms with Crippen molar-refractivity contribution in [3.05, 3.63) is 81.8 Å². The number of rotatable bonds is 5. The molecule has 1 aliphatic carbocycles. The Morgan fingerprint density at radius 2 is 2.00 bits per heavy atom. The van der Waals surface area contributed by atoms with Crippen LogP contribution in [0.5, 0.6) is 0 Å². The van der Waals surface area contributed by atoms with Gasteiger partial charge in [0.2, 0.25) is 5.91 Å². The molecule has 0 aromatic heterocycles. The van der Waals surface area contributed by atoms with Gasteiger partial charge in [-0.3, -0.25) is 14.7 Å². The van der Waals surface area contributed by atoms with Crippen LogP contribution < -0.4 is 16.8 Å². The average Bonchev–Trinajstić information content (AvgIpc) is 2.81. The minimum atomic E-state index is -0.286. The number of allylic oxidation sites excluding steroid dienone is 8. The second kappa shape index (κ2) is 10.2. The number of hydrogen-bond donors (Lipinski definition) is 3. The summed E-state index contributed by atoms with van der Waals surface area (Å²) in [5, 5.41) is 3.35. The molecule has 1 amide bonds. The Kier molecular flexibility index (Phi) is 7.14. The maximum Gasteiger partial charge on any atom is 0.244 e. The molecular weight excluding hydrogens is 410 g/mol. The highest BCUT2D eigenvalue weighted by molar-refractivity contribution is 5.93. The number of carbonyl (C=O) groups is 1. The van der Waals surface area contributed by atoms with Gasteiger partial charge < -0.3 is 16.8 Å². The molecule has 33 heavy (non-hydrogen) atoms. The number of nitrogens with one attached hydrogen (secondary N) is 1. The van der Waals surface area contributed by atoms with Gasteiger partial charge in [0.25, 0.3) is 0 Å². The van der Waals surface area contributed by atoms with Crippen LogP contribution in [0.4, 0.5) is 0 Å². The third-order valence-electron chi connectivity index (χ3n) is 6.95. The number of nitrogens with two attached hydrogens (primary N) is 2. The van der Waals surface area contributed by atoms with E-state index >= 15 is 0 Å². The second-order valence-electron chi connectivity index (χ2n) is 9.37. The molecule has 0 aromatic rings. The summed E-state index contributed by atoms with van der Waals surface area (Å²) >= 11 is 0. The summed E-state index contributed by atoms with van der Waals surface area (Å²) in [5.74, 6) is 0.922. The van der Waals surface area contributed by atoms with Crippen LogP contribution >= 0.6 is 0 Å². The lowest BCUT2D eigenvalue weighted by molar-refractivity contribution is -0.114. The highest BCUT2D eigenvalue weighted by atomic mass is 16.1. The molecule has 3 heterocycles. The Bertz CT molecular complexity index is 1060. The van der Waals surface area contributed by atoms with Gasteiger partial charge in [0.05, 0.1) is 6.54 Å². The third kappa shape index (κ3) is 5.63. The lowest BCUT2D eigenvalue weighted by atomic mass is 9.83. The lowest BCUT2D eigenvalue weighted by Crippen LogP contribution is -2.35. The van der Waals surface area contributed by atoms with Crippen LogP contribution in [0.3, 0.4) is 0 Å². The van der Waals surface area contributed by atoms with Crippen molar-refractivity contribution in [1.29, 1.82) is 0 Å². The normalized spacial score (nSPS) is 24.9. The maximum absolute atomic E-state index is 11.4. The second-order valence-corrected chi connectivity index (χ2v) is 9.37. The van der Waals surface area contributed by atoms with E-state index in [1.807, 2.05) is 18.4 Å². The minimum Gasteiger partial charge on any atom is -0.384 e. The van der Waals surface area contributed by atoms with E-state index in [0.717, 1.165) is 43.7 Å². The monoisotopic (exact) mass is 445 g/mol. The number of piperidine rings is 1. The molecule has 4 aliphatic rings. The summed E-state index contributed by atoms with van der Waals surface area (Å²) in [6, 6.07) is 0. The van der Waals surface area contributed by atoms with Crippen LogP contribution in [0.1, 0.15) is 39.5 Å². The summed E-state index contributed by atoms with van der Waals surface area (Å²) < 4.78 is 0. The molecule has 1 saturated heterocycles. The smallest absolute Gasteiger partial charge is 0.244 e. The number of carbonyl (C=O) groups excluding carboxylic acids is 1. The van der Waals surface area contributed by atoms with Gasteiger partial charge in [-0.15, -0.1) is 0 Å². The molecule has 0 radical (unpaired) electrons. The Hall–Kier alpha value is -3.12. The molecule has 0 spiro atoms. The average molecular weight is 446 g/mol. The summed E-state index contributed by atoms with van der Waals surface area (Å²) in [4.78, 5) is 18.3. The first kappa shape index (κ1) is 23.1. The van der Waals surface area contributed by atoms with Crippen molar-refractivity contribution >= 4 is 11.7 Å². The molecule has 174 valence electrons. The van der Waals surface area contributed by atoms with Crippen molar-refractivity contribution in [3.8, 4) is 0 Å². The van der Waals surface area contributed by atoms with Crippen molar-refractivity contribution in [2.45, 2.75) is 39.5 Å². The fraction of sp³-hybridized carbons (Fsp3) is 0.407. The van der Waals surface area contributed by atoms with Crippen molar-refractivity contribution in [1.82, 2.24) is 10.2 Å². The number of nitrogens with zero attached hydrogens (tertiary/aromatic N) is 2. The number of likely N-dealkylation sites (tertiary alicyclic amines) is 1. The molecule has 1 fully saturated rings. The van der Waals surface area contributed by atoms with Gasteiger partial charge >= 0.3 is 0 Å². The van der Waals surface area contributed by atoms with Crippen LogP contribution in [0.15, 0.2) is 86.8 Å². The number of primary amides is 1. The van der Waals surface area contributed by atoms with E-state index in [2.05, 4.69) is 53.4 Å². The topological polar surface area (TPSA) is 96.7 Å². The van der Waals surface area contributed by atoms with Crippen LogP contribution in [0.25, 0.3) is 0 Å². The summed E-state index contributed by atoms with van der Waals surface area (Å²) in [5.41, 5.74) is 19.6. The van der Waals surface area contributed by atoms with Gasteiger partial charge in [-0.05, 0) is 81.8 Å². The van der Waals surface area contributed by atoms with Gasteiger partial charge in [-0.25, -0.2) is 0 Å². The molecule has 0 unspecified atom stereocenters. The summed E-state index contributed by atoms with van der Waals surface area (Å²) in [6.45, 7) is 8.13. The predicted molar refractivity (Wildman–Crippen MR) is 135 cm³/mol. The Morgan fingerprint density at radius 1 is 1.21 bits per heavy atom. The molecule has 0 bridgehead atoms. The molecule has 0 aromatic carbocycles. The molecule has 0 atom stereocenters. The van der Waals surface area contributed by atoms with Crippen LogP contribution in [0, 0.1) is 5.92 Å². The van der Waals surface area contributed by atoms with Gasteiger partial charge in [0.1, 0.15) is 5.84 Å². The number of aliphatic imine (C=N–C) groups is 1. The lowest BCUT2D eigenvalue weighted by Gasteiger charge is -2.34. The van der Waals surface area contributed by atoms with E-state index in [1.165, 1.54) is 40.7 Å². The first-order chi connectivity index (χ1) is 15.9. The first-order valence-corrected chi connectivity index (χ1v) is 11.8. The summed E-state index contributed by atoms with van der Waals surface area (Å²) in [6.07, 6.45) is 18.5. The standard InChI is InChI=1S/C27H35N5O/c1-18(15-25-19(2)30-12-9-24(25)23-7-8-26(28)31-16-23)17-32-13-10-21(11-14-32)20-3-5-22(6-4-20)27(29)33/h3,5,7-9,12,15,21,30H,4,6,10-11,13-14,16-17H2,1-2H3,(H2,28,31)(H2,29,33)/b18-15+,24-23+. The molecule has 5 N–H and O–H groups in total. The summed E-state index contributed by atoms with van der Waals surface area (Å²) in [7, 11) is 0. The molecule has 0 saturated carbocycles. The van der Waals surface area contributed by atoms with Gasteiger partial charge in [0, 0.05) is 29.6 Å². The van der Waals surface area contributed by atoms with E-state index in [4.69, 9.17) is 11.5 Å². The quantitative estimate of drug-likeness (QED) is 0.604. The van der Waals surface area contributed by atoms with Crippen molar-refractivity contribution in [3.63, 3.8) is 0 Å². The Labute approximate surface area is 196 Å².